The second kappa shape index (κ2) is 5.54. The van der Waals surface area contributed by atoms with Crippen LogP contribution in [0.4, 0.5) is 5.69 Å². The fraction of sp³-hybridized carbons (Fsp3) is 0.500. The molecule has 0 heterocycles. The van der Waals surface area contributed by atoms with Crippen LogP contribution in [0.1, 0.15) is 20.8 Å². The number of halogens is 1. The van der Waals surface area contributed by atoms with Gasteiger partial charge in [0.2, 0.25) is 0 Å². The van der Waals surface area contributed by atoms with Crippen molar-refractivity contribution in [2.45, 2.75) is 30.4 Å². The maximum absolute atomic E-state index is 12.1. The molecule has 0 radical (unpaired) electrons. The fourth-order valence-corrected chi connectivity index (χ4v) is 4.77. The van der Waals surface area contributed by atoms with E-state index in [1.807, 2.05) is 0 Å². The van der Waals surface area contributed by atoms with Gasteiger partial charge in [0.05, 0.1) is 31.9 Å². The Hall–Kier alpha value is -0.790. The fourth-order valence-electron chi connectivity index (χ4n) is 1.34. The Bertz CT molecular complexity index is 703. The van der Waals surface area contributed by atoms with Gasteiger partial charge in [0.1, 0.15) is 0 Å². The minimum atomic E-state index is -3.71. The van der Waals surface area contributed by atoms with Crippen LogP contribution in [-0.4, -0.2) is 33.1 Å². The lowest BCUT2D eigenvalue weighted by atomic mass is 10.3. The van der Waals surface area contributed by atoms with Crippen LogP contribution in [-0.2, 0) is 19.7 Å². The highest BCUT2D eigenvalue weighted by molar-refractivity contribution is 7.95. The van der Waals surface area contributed by atoms with Crippen molar-refractivity contribution in [1.82, 2.24) is 0 Å². The quantitative estimate of drug-likeness (QED) is 0.845. The van der Waals surface area contributed by atoms with Gasteiger partial charge in [-0.1, -0.05) is 11.6 Å². The van der Waals surface area contributed by atoms with E-state index in [1.165, 1.54) is 39.0 Å². The summed E-state index contributed by atoms with van der Waals surface area (Å²) in [4.78, 5) is -0.0270. The molecule has 0 atom stereocenters. The molecule has 0 amide bonds. The summed E-state index contributed by atoms with van der Waals surface area (Å²) in [6.07, 6.45) is 0. The van der Waals surface area contributed by atoms with Crippen LogP contribution in [0.3, 0.4) is 0 Å². The van der Waals surface area contributed by atoms with E-state index in [1.54, 1.807) is 0 Å². The van der Waals surface area contributed by atoms with E-state index in [2.05, 4.69) is 0 Å². The van der Waals surface area contributed by atoms with Crippen LogP contribution < -0.4 is 5.73 Å². The average molecular weight is 340 g/mol. The van der Waals surface area contributed by atoms with Crippen LogP contribution in [0.25, 0.3) is 0 Å². The monoisotopic (exact) mass is 339 g/mol. The number of hydrogen-bond acceptors (Lipinski definition) is 5. The lowest BCUT2D eigenvalue weighted by Gasteiger charge is -2.19. The molecule has 0 unspecified atom stereocenters. The van der Waals surface area contributed by atoms with Crippen LogP contribution in [0.15, 0.2) is 23.1 Å². The zero-order chi connectivity index (χ0) is 15.8. The third-order valence-electron chi connectivity index (χ3n) is 2.88. The lowest BCUT2D eigenvalue weighted by molar-refractivity contribution is 0.559. The van der Waals surface area contributed by atoms with Gasteiger partial charge < -0.3 is 5.73 Å². The van der Waals surface area contributed by atoms with Crippen molar-refractivity contribution in [1.29, 1.82) is 0 Å². The summed E-state index contributed by atoms with van der Waals surface area (Å²) in [7, 11) is -7.21. The van der Waals surface area contributed by atoms with Crippen molar-refractivity contribution >= 4 is 37.0 Å². The van der Waals surface area contributed by atoms with Gasteiger partial charge in [-0.15, -0.1) is 0 Å². The van der Waals surface area contributed by atoms with Crippen molar-refractivity contribution in [2.24, 2.45) is 0 Å². The van der Waals surface area contributed by atoms with Crippen molar-refractivity contribution in [2.75, 3.05) is 17.2 Å². The predicted molar refractivity (Wildman–Crippen MR) is 81.5 cm³/mol. The minimum absolute atomic E-state index is 0.0270. The number of anilines is 1. The summed E-state index contributed by atoms with van der Waals surface area (Å²) in [6, 6.07) is 3.93. The van der Waals surface area contributed by atoms with Gasteiger partial charge in [-0.05, 0) is 39.0 Å². The summed E-state index contributed by atoms with van der Waals surface area (Å²) < 4.78 is 47.1. The molecule has 0 aliphatic rings. The van der Waals surface area contributed by atoms with Crippen LogP contribution >= 0.6 is 11.6 Å². The molecule has 1 aromatic rings. The molecule has 2 N–H and O–H groups in total. The second-order valence-electron chi connectivity index (χ2n) is 5.43. The number of nitrogen functional groups attached to an aromatic ring is 1. The van der Waals surface area contributed by atoms with Crippen LogP contribution in [0, 0.1) is 0 Å². The van der Waals surface area contributed by atoms with Crippen molar-refractivity contribution in [3.63, 3.8) is 0 Å². The lowest BCUT2D eigenvalue weighted by Crippen LogP contribution is -2.33. The van der Waals surface area contributed by atoms with E-state index in [9.17, 15) is 16.8 Å². The van der Waals surface area contributed by atoms with Crippen molar-refractivity contribution in [3.8, 4) is 0 Å². The van der Waals surface area contributed by atoms with Gasteiger partial charge in [0, 0.05) is 0 Å². The Morgan fingerprint density at radius 3 is 2.10 bits per heavy atom. The highest BCUT2D eigenvalue weighted by atomic mass is 35.5. The Morgan fingerprint density at radius 1 is 1.10 bits per heavy atom. The highest BCUT2D eigenvalue weighted by Gasteiger charge is 2.30. The molecule has 1 rings (SSSR count). The number of hydrogen-bond donors (Lipinski definition) is 1. The summed E-state index contributed by atoms with van der Waals surface area (Å²) in [5.74, 6) is -0.909. The van der Waals surface area contributed by atoms with E-state index in [0.717, 1.165) is 0 Å². The molecule has 20 heavy (non-hydrogen) atoms. The second-order valence-corrected chi connectivity index (χ2v) is 10.8. The van der Waals surface area contributed by atoms with Gasteiger partial charge in [-0.3, -0.25) is 0 Å². The maximum atomic E-state index is 12.1. The van der Waals surface area contributed by atoms with Crippen molar-refractivity contribution in [3.05, 3.63) is 23.2 Å². The third-order valence-corrected chi connectivity index (χ3v) is 7.79. The summed E-state index contributed by atoms with van der Waals surface area (Å²) in [5.41, 5.74) is 5.78. The first-order valence-electron chi connectivity index (χ1n) is 5.87. The molecule has 0 aliphatic heterocycles. The predicted octanol–water partition coefficient (Wildman–Crippen LogP) is 1.91. The molecular weight excluding hydrogens is 322 g/mol. The number of nitrogens with two attached hydrogens (primary N) is 1. The molecule has 0 aromatic heterocycles. The minimum Gasteiger partial charge on any atom is -0.398 e. The Morgan fingerprint density at radius 2 is 1.65 bits per heavy atom. The topological polar surface area (TPSA) is 94.3 Å². The molecule has 0 fully saturated rings. The highest BCUT2D eigenvalue weighted by Crippen LogP contribution is 2.24. The number of rotatable bonds is 4. The van der Waals surface area contributed by atoms with Gasteiger partial charge in [-0.2, -0.15) is 0 Å². The molecule has 0 saturated carbocycles. The van der Waals surface area contributed by atoms with Gasteiger partial charge >= 0.3 is 0 Å². The first-order valence-corrected chi connectivity index (χ1v) is 9.55. The van der Waals surface area contributed by atoms with Crippen LogP contribution in [0.2, 0.25) is 5.02 Å². The summed E-state index contributed by atoms with van der Waals surface area (Å²) >= 11 is 5.77. The van der Waals surface area contributed by atoms with Gasteiger partial charge in [0.15, 0.2) is 19.7 Å². The number of benzene rings is 1. The molecule has 8 heteroatoms. The Balaban J connectivity index is 3.00. The van der Waals surface area contributed by atoms with E-state index in [0.29, 0.717) is 0 Å². The van der Waals surface area contributed by atoms with Crippen LogP contribution in [0.5, 0.6) is 0 Å². The third kappa shape index (κ3) is 3.86. The molecule has 0 saturated heterocycles. The standard InChI is InChI=1S/C12H18ClNO4S2/c1-12(2,3)20(17,18)7-6-19(15,16)9-4-5-11(14)10(13)8-9/h4-5,8H,6-7,14H2,1-3H3. The molecule has 0 aliphatic carbocycles. The SMILES string of the molecule is CC(C)(C)S(=O)(=O)CCS(=O)(=O)c1ccc(N)c(Cl)c1. The molecule has 5 nitrogen and oxygen atoms in total. The number of sulfone groups is 2. The molecule has 0 bridgehead atoms. The summed E-state index contributed by atoms with van der Waals surface area (Å²) in [5, 5.41) is 0.129. The molecular formula is C12H18ClNO4S2. The molecule has 0 spiro atoms. The Labute approximate surface area is 125 Å². The zero-order valence-electron chi connectivity index (χ0n) is 11.6. The Kier molecular flexibility index (Phi) is 4.78. The first-order chi connectivity index (χ1) is 8.87. The molecule has 114 valence electrons. The zero-order valence-corrected chi connectivity index (χ0v) is 13.9. The van der Waals surface area contributed by atoms with E-state index in [-0.39, 0.29) is 15.6 Å². The van der Waals surface area contributed by atoms with Gasteiger partial charge in [0.25, 0.3) is 0 Å². The smallest absolute Gasteiger partial charge is 0.179 e. The average Bonchev–Trinajstić information content (AvgIpc) is 2.29. The van der Waals surface area contributed by atoms with E-state index in [4.69, 9.17) is 17.3 Å². The van der Waals surface area contributed by atoms with Gasteiger partial charge in [-0.25, -0.2) is 16.8 Å². The first kappa shape index (κ1) is 17.3. The largest absolute Gasteiger partial charge is 0.398 e. The molecule has 1 aromatic carbocycles. The van der Waals surface area contributed by atoms with E-state index < -0.39 is 35.9 Å². The van der Waals surface area contributed by atoms with Crippen molar-refractivity contribution < 1.29 is 16.8 Å². The maximum Gasteiger partial charge on any atom is 0.179 e. The summed E-state index contributed by atoms with van der Waals surface area (Å²) in [6.45, 7) is 4.61. The normalized spacial score (nSPS) is 13.4. The van der Waals surface area contributed by atoms with E-state index >= 15 is 0 Å².